The van der Waals surface area contributed by atoms with Crippen molar-refractivity contribution in [2.45, 2.75) is 51.9 Å². The van der Waals surface area contributed by atoms with Gasteiger partial charge in [0.1, 0.15) is 5.78 Å². The van der Waals surface area contributed by atoms with Gasteiger partial charge in [-0.05, 0) is 32.1 Å². The van der Waals surface area contributed by atoms with Gasteiger partial charge in [0, 0.05) is 12.8 Å². The van der Waals surface area contributed by atoms with E-state index in [1.807, 2.05) is 0 Å². The van der Waals surface area contributed by atoms with Crippen LogP contribution in [0.3, 0.4) is 0 Å². The molecule has 0 heterocycles. The summed E-state index contributed by atoms with van der Waals surface area (Å²) in [5.74, 6) is 1.05. The third-order valence-corrected chi connectivity index (χ3v) is 2.72. The van der Waals surface area contributed by atoms with Crippen LogP contribution in [0.2, 0.25) is 0 Å². The summed E-state index contributed by atoms with van der Waals surface area (Å²) in [5.41, 5.74) is 1.22. The average Bonchev–Trinajstić information content (AvgIpc) is 1.98. The van der Waals surface area contributed by atoms with Gasteiger partial charge >= 0.3 is 0 Å². The van der Waals surface area contributed by atoms with Crippen molar-refractivity contribution in [3.63, 3.8) is 0 Å². The van der Waals surface area contributed by atoms with Gasteiger partial charge in [-0.25, -0.2) is 0 Å². The van der Waals surface area contributed by atoms with Gasteiger partial charge in [0.2, 0.25) is 0 Å². The molecule has 1 aliphatic rings. The second-order valence-corrected chi connectivity index (χ2v) is 4.37. The molecule has 0 saturated heterocycles. The molecule has 0 N–H and O–H groups in total. The highest BCUT2D eigenvalue weighted by Crippen LogP contribution is 2.25. The average molecular weight is 180 g/mol. The maximum atomic E-state index is 11.4. The Morgan fingerprint density at radius 1 is 1.46 bits per heavy atom. The summed E-state index contributed by atoms with van der Waals surface area (Å²) >= 11 is 0. The van der Waals surface area contributed by atoms with E-state index in [9.17, 15) is 4.79 Å². The third-order valence-electron chi connectivity index (χ3n) is 2.72. The lowest BCUT2D eigenvalue weighted by Crippen LogP contribution is -2.11. The Balaban J connectivity index is 2.41. The summed E-state index contributed by atoms with van der Waals surface area (Å²) < 4.78 is 0. The van der Waals surface area contributed by atoms with E-state index in [1.165, 1.54) is 24.8 Å². The van der Waals surface area contributed by atoms with Crippen molar-refractivity contribution in [1.82, 2.24) is 0 Å². The van der Waals surface area contributed by atoms with E-state index in [-0.39, 0.29) is 0 Å². The summed E-state index contributed by atoms with van der Waals surface area (Å²) in [7, 11) is 0. The van der Waals surface area contributed by atoms with Crippen LogP contribution in [0.25, 0.3) is 0 Å². The van der Waals surface area contributed by atoms with Crippen molar-refractivity contribution >= 4 is 5.78 Å². The lowest BCUT2D eigenvalue weighted by atomic mass is 9.86. The van der Waals surface area contributed by atoms with Crippen molar-refractivity contribution < 1.29 is 4.79 Å². The first-order valence-corrected chi connectivity index (χ1v) is 5.34. The van der Waals surface area contributed by atoms with Gasteiger partial charge in [-0.1, -0.05) is 18.4 Å². The minimum atomic E-state index is 0.464. The molecule has 0 radical (unpaired) electrons. The largest absolute Gasteiger partial charge is 0.300 e. The van der Waals surface area contributed by atoms with Crippen LogP contribution < -0.4 is 0 Å². The molecule has 0 aromatic rings. The SMILES string of the molecule is C=C(C)CC1CCCCCC(=O)C1. The zero-order valence-electron chi connectivity index (χ0n) is 8.64. The summed E-state index contributed by atoms with van der Waals surface area (Å²) in [4.78, 5) is 11.4. The molecule has 0 bridgehead atoms. The Hall–Kier alpha value is -0.590. The van der Waals surface area contributed by atoms with Crippen LogP contribution in [0.5, 0.6) is 0 Å². The van der Waals surface area contributed by atoms with E-state index in [0.29, 0.717) is 11.7 Å². The Morgan fingerprint density at radius 2 is 2.23 bits per heavy atom. The minimum Gasteiger partial charge on any atom is -0.300 e. The van der Waals surface area contributed by atoms with E-state index >= 15 is 0 Å². The fraction of sp³-hybridized carbons (Fsp3) is 0.750. The first kappa shape index (κ1) is 10.5. The van der Waals surface area contributed by atoms with Crippen molar-refractivity contribution in [3.8, 4) is 0 Å². The van der Waals surface area contributed by atoms with Crippen LogP contribution in [0.4, 0.5) is 0 Å². The number of hydrogen-bond donors (Lipinski definition) is 0. The number of ketones is 1. The molecule has 0 amide bonds. The predicted octanol–water partition coefficient (Wildman–Crippen LogP) is 3.49. The van der Waals surface area contributed by atoms with Gasteiger partial charge in [-0.15, -0.1) is 6.58 Å². The second kappa shape index (κ2) is 5.21. The Morgan fingerprint density at radius 3 is 2.92 bits per heavy atom. The highest BCUT2D eigenvalue weighted by Gasteiger charge is 2.16. The molecule has 0 aromatic carbocycles. The molecule has 74 valence electrons. The lowest BCUT2D eigenvalue weighted by Gasteiger charge is -2.18. The highest BCUT2D eigenvalue weighted by molar-refractivity contribution is 5.78. The topological polar surface area (TPSA) is 17.1 Å². The molecule has 0 aromatic heterocycles. The molecule has 1 aliphatic carbocycles. The van der Waals surface area contributed by atoms with Gasteiger partial charge in [0.15, 0.2) is 0 Å². The Labute approximate surface area is 81.2 Å². The molecule has 1 fully saturated rings. The molecule has 1 nitrogen and oxygen atoms in total. The highest BCUT2D eigenvalue weighted by atomic mass is 16.1. The van der Waals surface area contributed by atoms with Gasteiger partial charge in [-0.3, -0.25) is 4.79 Å². The van der Waals surface area contributed by atoms with Crippen molar-refractivity contribution in [2.75, 3.05) is 0 Å². The summed E-state index contributed by atoms with van der Waals surface area (Å²) in [6.45, 7) is 5.98. The number of allylic oxidation sites excluding steroid dienone is 1. The third kappa shape index (κ3) is 4.25. The molecule has 0 aliphatic heterocycles. The number of hydrogen-bond acceptors (Lipinski definition) is 1. The first-order chi connectivity index (χ1) is 6.18. The van der Waals surface area contributed by atoms with Gasteiger partial charge in [0.25, 0.3) is 0 Å². The van der Waals surface area contributed by atoms with Crippen LogP contribution >= 0.6 is 0 Å². The smallest absolute Gasteiger partial charge is 0.133 e. The maximum Gasteiger partial charge on any atom is 0.133 e. The standard InChI is InChI=1S/C12H20O/c1-10(2)8-11-6-4-3-5-7-12(13)9-11/h11H,1,3-9H2,2H3. The van der Waals surface area contributed by atoms with Crippen molar-refractivity contribution in [2.24, 2.45) is 5.92 Å². The molecular formula is C12H20O. The van der Waals surface area contributed by atoms with Gasteiger partial charge in [0.05, 0.1) is 0 Å². The van der Waals surface area contributed by atoms with E-state index in [2.05, 4.69) is 13.5 Å². The fourth-order valence-corrected chi connectivity index (χ4v) is 2.13. The molecular weight excluding hydrogens is 160 g/mol. The van der Waals surface area contributed by atoms with Crippen LogP contribution in [-0.4, -0.2) is 5.78 Å². The normalized spacial score (nSPS) is 25.0. The van der Waals surface area contributed by atoms with Crippen LogP contribution in [0, 0.1) is 5.92 Å². The number of Topliss-reactive ketones (excluding diaryl/α,β-unsaturated/α-hetero) is 1. The molecule has 13 heavy (non-hydrogen) atoms. The number of carbonyl (C=O) groups is 1. The predicted molar refractivity (Wildman–Crippen MR) is 55.6 cm³/mol. The minimum absolute atomic E-state index is 0.464. The summed E-state index contributed by atoms with van der Waals surface area (Å²) in [5, 5.41) is 0. The van der Waals surface area contributed by atoms with E-state index in [0.717, 1.165) is 25.7 Å². The van der Waals surface area contributed by atoms with Crippen LogP contribution in [0.15, 0.2) is 12.2 Å². The zero-order valence-corrected chi connectivity index (χ0v) is 8.64. The van der Waals surface area contributed by atoms with Crippen LogP contribution in [-0.2, 0) is 4.79 Å². The van der Waals surface area contributed by atoms with Crippen LogP contribution in [0.1, 0.15) is 51.9 Å². The molecule has 0 spiro atoms. The monoisotopic (exact) mass is 180 g/mol. The van der Waals surface area contributed by atoms with Gasteiger partial charge < -0.3 is 0 Å². The van der Waals surface area contributed by atoms with E-state index < -0.39 is 0 Å². The first-order valence-electron chi connectivity index (χ1n) is 5.34. The number of carbonyl (C=O) groups excluding carboxylic acids is 1. The molecule has 1 heteroatoms. The fourth-order valence-electron chi connectivity index (χ4n) is 2.13. The number of rotatable bonds is 2. The molecule has 1 saturated carbocycles. The lowest BCUT2D eigenvalue weighted by molar-refractivity contribution is -0.120. The Kier molecular flexibility index (Phi) is 4.20. The summed E-state index contributed by atoms with van der Waals surface area (Å²) in [6.07, 6.45) is 7.52. The molecule has 1 rings (SSSR count). The summed E-state index contributed by atoms with van der Waals surface area (Å²) in [6, 6.07) is 0. The van der Waals surface area contributed by atoms with Crippen molar-refractivity contribution in [3.05, 3.63) is 12.2 Å². The Bertz CT molecular complexity index is 193. The quantitative estimate of drug-likeness (QED) is 0.594. The van der Waals surface area contributed by atoms with Gasteiger partial charge in [-0.2, -0.15) is 0 Å². The molecule has 1 atom stereocenters. The van der Waals surface area contributed by atoms with E-state index in [1.54, 1.807) is 0 Å². The zero-order chi connectivity index (χ0) is 9.68. The van der Waals surface area contributed by atoms with E-state index in [4.69, 9.17) is 0 Å². The maximum absolute atomic E-state index is 11.4. The molecule has 1 unspecified atom stereocenters. The van der Waals surface area contributed by atoms with Crippen molar-refractivity contribution in [1.29, 1.82) is 0 Å². The second-order valence-electron chi connectivity index (χ2n) is 4.37.